The number of rotatable bonds is 3. The summed E-state index contributed by atoms with van der Waals surface area (Å²) in [6.07, 6.45) is 0. The van der Waals surface area contributed by atoms with Crippen molar-refractivity contribution in [2.24, 2.45) is 0 Å². The number of benzene rings is 1. The van der Waals surface area contributed by atoms with E-state index in [0.29, 0.717) is 5.56 Å². The standard InChI is InChI=1S/C9H11FN2O2/c1-6(11-2)8-4-3-7(12(13)14)5-9(8)10/h3-6,11H,1-2H3/t6-/m1/s1. The molecule has 1 aromatic carbocycles. The summed E-state index contributed by atoms with van der Waals surface area (Å²) in [5, 5.41) is 13.2. The van der Waals surface area contributed by atoms with E-state index in [9.17, 15) is 14.5 Å². The lowest BCUT2D eigenvalue weighted by Crippen LogP contribution is -2.13. The largest absolute Gasteiger partial charge is 0.313 e. The Morgan fingerprint density at radius 3 is 2.64 bits per heavy atom. The van der Waals surface area contributed by atoms with Crippen molar-refractivity contribution in [1.82, 2.24) is 5.32 Å². The molecule has 0 aromatic heterocycles. The molecule has 1 rings (SSSR count). The van der Waals surface area contributed by atoms with Gasteiger partial charge in [0.2, 0.25) is 0 Å². The van der Waals surface area contributed by atoms with Crippen LogP contribution >= 0.6 is 0 Å². The molecule has 1 aromatic rings. The van der Waals surface area contributed by atoms with Crippen LogP contribution in [0.3, 0.4) is 0 Å². The Hall–Kier alpha value is -1.49. The predicted molar refractivity (Wildman–Crippen MR) is 50.5 cm³/mol. The molecule has 0 heterocycles. The molecular formula is C9H11FN2O2. The molecule has 0 amide bonds. The number of hydrogen-bond donors (Lipinski definition) is 1. The molecule has 14 heavy (non-hydrogen) atoms. The van der Waals surface area contributed by atoms with Gasteiger partial charge in [0.15, 0.2) is 0 Å². The summed E-state index contributed by atoms with van der Waals surface area (Å²) in [4.78, 5) is 9.71. The zero-order valence-electron chi connectivity index (χ0n) is 7.95. The minimum absolute atomic E-state index is 0.157. The van der Waals surface area contributed by atoms with Crippen LogP contribution in [0.15, 0.2) is 18.2 Å². The van der Waals surface area contributed by atoms with Gasteiger partial charge < -0.3 is 5.32 Å². The molecule has 0 fully saturated rings. The van der Waals surface area contributed by atoms with Gasteiger partial charge in [-0.3, -0.25) is 10.1 Å². The fraction of sp³-hybridized carbons (Fsp3) is 0.333. The number of nitrogens with zero attached hydrogens (tertiary/aromatic N) is 1. The van der Waals surface area contributed by atoms with E-state index in [0.717, 1.165) is 6.07 Å². The number of hydrogen-bond acceptors (Lipinski definition) is 3. The molecule has 4 nitrogen and oxygen atoms in total. The van der Waals surface area contributed by atoms with Crippen LogP contribution in [0.1, 0.15) is 18.5 Å². The second kappa shape index (κ2) is 4.15. The van der Waals surface area contributed by atoms with Crippen LogP contribution < -0.4 is 5.32 Å². The van der Waals surface area contributed by atoms with Crippen LogP contribution in [0, 0.1) is 15.9 Å². The molecule has 0 bridgehead atoms. The Labute approximate surface area is 80.9 Å². The van der Waals surface area contributed by atoms with E-state index >= 15 is 0 Å². The first-order valence-electron chi connectivity index (χ1n) is 4.17. The van der Waals surface area contributed by atoms with Crippen LogP contribution in [0.5, 0.6) is 0 Å². The topological polar surface area (TPSA) is 55.2 Å². The molecule has 1 atom stereocenters. The minimum atomic E-state index is -0.614. The number of nitro benzene ring substituents is 1. The van der Waals surface area contributed by atoms with Crippen LogP contribution in [-0.2, 0) is 0 Å². The van der Waals surface area contributed by atoms with Crippen molar-refractivity contribution in [3.05, 3.63) is 39.7 Å². The average Bonchev–Trinajstić information content (AvgIpc) is 2.16. The molecule has 0 radical (unpaired) electrons. The van der Waals surface area contributed by atoms with Crippen LogP contribution in [0.2, 0.25) is 0 Å². The molecule has 0 aliphatic carbocycles. The molecule has 0 unspecified atom stereocenters. The maximum absolute atomic E-state index is 13.3. The normalized spacial score (nSPS) is 12.5. The molecular weight excluding hydrogens is 187 g/mol. The highest BCUT2D eigenvalue weighted by molar-refractivity contribution is 5.35. The van der Waals surface area contributed by atoms with E-state index in [1.807, 2.05) is 0 Å². The Morgan fingerprint density at radius 2 is 2.21 bits per heavy atom. The van der Waals surface area contributed by atoms with Crippen LogP contribution in [-0.4, -0.2) is 12.0 Å². The molecule has 5 heteroatoms. The monoisotopic (exact) mass is 198 g/mol. The van der Waals surface area contributed by atoms with E-state index in [1.54, 1.807) is 14.0 Å². The molecule has 1 N–H and O–H groups in total. The molecule has 0 spiro atoms. The molecule has 76 valence electrons. The van der Waals surface area contributed by atoms with Gasteiger partial charge in [-0.05, 0) is 20.0 Å². The number of nitrogens with one attached hydrogen (secondary N) is 1. The fourth-order valence-corrected chi connectivity index (χ4v) is 1.14. The lowest BCUT2D eigenvalue weighted by molar-refractivity contribution is -0.385. The third-order valence-corrected chi connectivity index (χ3v) is 2.09. The van der Waals surface area contributed by atoms with E-state index in [1.165, 1.54) is 12.1 Å². The number of halogens is 1. The number of nitro groups is 1. The van der Waals surface area contributed by atoms with Gasteiger partial charge >= 0.3 is 0 Å². The van der Waals surface area contributed by atoms with Gasteiger partial charge in [-0.2, -0.15) is 0 Å². The second-order valence-corrected chi connectivity index (χ2v) is 2.97. The van der Waals surface area contributed by atoms with Crippen molar-refractivity contribution < 1.29 is 9.31 Å². The summed E-state index contributed by atoms with van der Waals surface area (Å²) in [6.45, 7) is 1.78. The SMILES string of the molecule is CN[C@H](C)c1ccc([N+](=O)[O-])cc1F. The highest BCUT2D eigenvalue weighted by atomic mass is 19.1. The van der Waals surface area contributed by atoms with Gasteiger partial charge in [-0.25, -0.2) is 4.39 Å². The third-order valence-electron chi connectivity index (χ3n) is 2.09. The van der Waals surface area contributed by atoms with E-state index < -0.39 is 10.7 Å². The molecule has 0 aliphatic heterocycles. The lowest BCUT2D eigenvalue weighted by atomic mass is 10.1. The predicted octanol–water partition coefficient (Wildman–Crippen LogP) is 2.01. The Bertz CT molecular complexity index is 355. The highest BCUT2D eigenvalue weighted by Crippen LogP contribution is 2.21. The molecule has 0 saturated heterocycles. The van der Waals surface area contributed by atoms with Crippen molar-refractivity contribution >= 4 is 5.69 Å². The van der Waals surface area contributed by atoms with Crippen LogP contribution in [0.4, 0.5) is 10.1 Å². The summed E-state index contributed by atoms with van der Waals surface area (Å²) in [7, 11) is 1.70. The van der Waals surface area contributed by atoms with Crippen molar-refractivity contribution in [3.8, 4) is 0 Å². The Morgan fingerprint density at radius 1 is 1.57 bits per heavy atom. The highest BCUT2D eigenvalue weighted by Gasteiger charge is 2.13. The molecule has 0 aliphatic rings. The first kappa shape index (κ1) is 10.6. The lowest BCUT2D eigenvalue weighted by Gasteiger charge is -2.10. The van der Waals surface area contributed by atoms with Crippen molar-refractivity contribution in [1.29, 1.82) is 0 Å². The van der Waals surface area contributed by atoms with Gasteiger partial charge in [-0.15, -0.1) is 0 Å². The van der Waals surface area contributed by atoms with E-state index in [2.05, 4.69) is 5.32 Å². The van der Waals surface area contributed by atoms with Gasteiger partial charge in [0.1, 0.15) is 5.82 Å². The number of non-ortho nitro benzene ring substituents is 1. The Balaban J connectivity index is 3.07. The summed E-state index contributed by atoms with van der Waals surface area (Å²) in [6, 6.07) is 3.50. The van der Waals surface area contributed by atoms with E-state index in [-0.39, 0.29) is 11.7 Å². The van der Waals surface area contributed by atoms with Crippen LogP contribution in [0.25, 0.3) is 0 Å². The summed E-state index contributed by atoms with van der Waals surface area (Å²) < 4.78 is 13.3. The minimum Gasteiger partial charge on any atom is -0.313 e. The average molecular weight is 198 g/mol. The van der Waals surface area contributed by atoms with Gasteiger partial charge in [0.25, 0.3) is 5.69 Å². The smallest absolute Gasteiger partial charge is 0.272 e. The fourth-order valence-electron chi connectivity index (χ4n) is 1.14. The zero-order valence-corrected chi connectivity index (χ0v) is 7.95. The molecule has 0 saturated carbocycles. The maximum atomic E-state index is 13.3. The quantitative estimate of drug-likeness (QED) is 0.597. The first-order valence-corrected chi connectivity index (χ1v) is 4.17. The Kier molecular flexibility index (Phi) is 3.14. The second-order valence-electron chi connectivity index (χ2n) is 2.97. The van der Waals surface area contributed by atoms with Crippen molar-refractivity contribution in [2.45, 2.75) is 13.0 Å². The zero-order chi connectivity index (χ0) is 10.7. The van der Waals surface area contributed by atoms with E-state index in [4.69, 9.17) is 0 Å². The third kappa shape index (κ3) is 2.05. The first-order chi connectivity index (χ1) is 6.56. The van der Waals surface area contributed by atoms with Gasteiger partial charge in [0, 0.05) is 17.7 Å². The van der Waals surface area contributed by atoms with Gasteiger partial charge in [-0.1, -0.05) is 0 Å². The van der Waals surface area contributed by atoms with Gasteiger partial charge in [0.05, 0.1) is 11.0 Å². The summed E-state index contributed by atoms with van der Waals surface area (Å²) in [5.41, 5.74) is 0.202. The van der Waals surface area contributed by atoms with Crippen molar-refractivity contribution in [3.63, 3.8) is 0 Å². The van der Waals surface area contributed by atoms with Crippen molar-refractivity contribution in [2.75, 3.05) is 7.05 Å². The maximum Gasteiger partial charge on any atom is 0.272 e. The summed E-state index contributed by atoms with van der Waals surface area (Å²) >= 11 is 0. The summed E-state index contributed by atoms with van der Waals surface area (Å²) in [5.74, 6) is -0.555.